The third-order valence-electron chi connectivity index (χ3n) is 4.87. The SMILES string of the molecule is COc1cc(CNC(=O)c2cc3c(C)nn(-c4cccc(Cl)c4)c3s2)ccc1OCC(N)=O. The van der Waals surface area contributed by atoms with Gasteiger partial charge in [0.15, 0.2) is 18.1 Å². The third kappa shape index (κ3) is 4.94. The Balaban J connectivity index is 1.50. The van der Waals surface area contributed by atoms with Gasteiger partial charge in [-0.3, -0.25) is 9.59 Å². The maximum Gasteiger partial charge on any atom is 0.261 e. The van der Waals surface area contributed by atoms with Crippen molar-refractivity contribution in [2.24, 2.45) is 5.73 Å². The fourth-order valence-electron chi connectivity index (χ4n) is 3.30. The lowest BCUT2D eigenvalue weighted by molar-refractivity contribution is -0.119. The maximum atomic E-state index is 12.8. The molecule has 2 aromatic heterocycles. The van der Waals surface area contributed by atoms with Crippen molar-refractivity contribution in [2.45, 2.75) is 13.5 Å². The number of nitrogens with one attached hydrogen (secondary N) is 1. The summed E-state index contributed by atoms with van der Waals surface area (Å²) in [4.78, 5) is 25.2. The van der Waals surface area contributed by atoms with Crippen LogP contribution in [0.25, 0.3) is 15.9 Å². The summed E-state index contributed by atoms with van der Waals surface area (Å²) in [6.07, 6.45) is 0. The van der Waals surface area contributed by atoms with Gasteiger partial charge in [0.05, 0.1) is 23.4 Å². The summed E-state index contributed by atoms with van der Waals surface area (Å²) in [5.41, 5.74) is 7.59. The van der Waals surface area contributed by atoms with Crippen LogP contribution in [-0.4, -0.2) is 35.3 Å². The minimum absolute atomic E-state index is 0.193. The van der Waals surface area contributed by atoms with Crippen LogP contribution >= 0.6 is 22.9 Å². The van der Waals surface area contributed by atoms with Crippen molar-refractivity contribution in [2.75, 3.05) is 13.7 Å². The molecule has 0 saturated heterocycles. The minimum Gasteiger partial charge on any atom is -0.493 e. The topological polar surface area (TPSA) is 108 Å². The van der Waals surface area contributed by atoms with Crippen LogP contribution < -0.4 is 20.5 Å². The molecule has 3 N–H and O–H groups in total. The molecule has 2 amide bonds. The van der Waals surface area contributed by atoms with Crippen LogP contribution in [0.2, 0.25) is 5.02 Å². The van der Waals surface area contributed by atoms with E-state index < -0.39 is 5.91 Å². The van der Waals surface area contributed by atoms with Gasteiger partial charge < -0.3 is 20.5 Å². The Bertz CT molecular complexity index is 1350. The Morgan fingerprint density at radius 3 is 2.73 bits per heavy atom. The number of ether oxygens (including phenoxy) is 2. The number of carbonyl (C=O) groups is 2. The number of hydrogen-bond donors (Lipinski definition) is 2. The van der Waals surface area contributed by atoms with E-state index in [4.69, 9.17) is 26.8 Å². The van der Waals surface area contributed by atoms with Crippen LogP contribution in [-0.2, 0) is 11.3 Å². The van der Waals surface area contributed by atoms with Gasteiger partial charge in [0.2, 0.25) is 0 Å². The van der Waals surface area contributed by atoms with Gasteiger partial charge in [-0.15, -0.1) is 11.3 Å². The Kier molecular flexibility index (Phi) is 6.52. The number of rotatable bonds is 8. The number of halogens is 1. The zero-order valence-electron chi connectivity index (χ0n) is 17.9. The van der Waals surface area contributed by atoms with Gasteiger partial charge in [0, 0.05) is 17.0 Å². The first-order valence-electron chi connectivity index (χ1n) is 9.97. The van der Waals surface area contributed by atoms with Gasteiger partial charge in [-0.25, -0.2) is 4.68 Å². The highest BCUT2D eigenvalue weighted by molar-refractivity contribution is 7.20. The Morgan fingerprint density at radius 1 is 1.18 bits per heavy atom. The van der Waals surface area contributed by atoms with E-state index in [-0.39, 0.29) is 12.5 Å². The summed E-state index contributed by atoms with van der Waals surface area (Å²) in [5.74, 6) is 0.0748. The molecule has 0 atom stereocenters. The van der Waals surface area contributed by atoms with E-state index in [0.717, 1.165) is 27.2 Å². The monoisotopic (exact) mass is 484 g/mol. The molecule has 0 aliphatic heterocycles. The summed E-state index contributed by atoms with van der Waals surface area (Å²) in [6.45, 7) is 1.95. The predicted molar refractivity (Wildman–Crippen MR) is 128 cm³/mol. The average molecular weight is 485 g/mol. The van der Waals surface area contributed by atoms with Gasteiger partial charge in [-0.1, -0.05) is 23.7 Å². The highest BCUT2D eigenvalue weighted by Gasteiger charge is 2.17. The summed E-state index contributed by atoms with van der Waals surface area (Å²) in [6, 6.07) is 14.5. The number of aryl methyl sites for hydroxylation is 1. The molecular weight excluding hydrogens is 464 g/mol. The number of amides is 2. The van der Waals surface area contributed by atoms with Crippen LogP contribution in [0.3, 0.4) is 0 Å². The first-order chi connectivity index (χ1) is 15.9. The van der Waals surface area contributed by atoms with Crippen molar-refractivity contribution in [1.82, 2.24) is 15.1 Å². The second-order valence-corrected chi connectivity index (χ2v) is 8.70. The van der Waals surface area contributed by atoms with E-state index in [0.29, 0.717) is 27.9 Å². The van der Waals surface area contributed by atoms with Crippen LogP contribution in [0.5, 0.6) is 11.5 Å². The Labute approximate surface area is 198 Å². The molecule has 0 bridgehead atoms. The lowest BCUT2D eigenvalue weighted by atomic mass is 10.2. The van der Waals surface area contributed by atoms with Crippen molar-refractivity contribution in [3.63, 3.8) is 0 Å². The van der Waals surface area contributed by atoms with Gasteiger partial charge in [-0.2, -0.15) is 5.10 Å². The van der Waals surface area contributed by atoms with Crippen LogP contribution in [0.4, 0.5) is 0 Å². The zero-order valence-corrected chi connectivity index (χ0v) is 19.5. The fraction of sp³-hybridized carbons (Fsp3) is 0.174. The lowest BCUT2D eigenvalue weighted by Gasteiger charge is -2.11. The number of aromatic nitrogens is 2. The number of methoxy groups -OCH3 is 1. The number of primary amides is 1. The van der Waals surface area contributed by atoms with Crippen molar-refractivity contribution in [1.29, 1.82) is 0 Å². The highest BCUT2D eigenvalue weighted by atomic mass is 35.5. The number of carbonyl (C=O) groups excluding carboxylic acids is 2. The molecule has 0 saturated carbocycles. The summed E-state index contributed by atoms with van der Waals surface area (Å²) < 4.78 is 12.4. The normalized spacial score (nSPS) is 10.9. The van der Waals surface area contributed by atoms with Crippen LogP contribution in [0, 0.1) is 6.92 Å². The number of nitrogens with two attached hydrogens (primary N) is 1. The second-order valence-electron chi connectivity index (χ2n) is 7.23. The van der Waals surface area contributed by atoms with E-state index in [1.54, 1.807) is 28.9 Å². The molecule has 0 aliphatic rings. The molecule has 0 radical (unpaired) electrons. The first kappa shape index (κ1) is 22.6. The van der Waals surface area contributed by atoms with Gasteiger partial charge in [-0.05, 0) is 48.9 Å². The molecule has 0 aliphatic carbocycles. The number of benzene rings is 2. The molecule has 10 heteroatoms. The molecular formula is C23H21ClN4O4S. The number of hydrogen-bond acceptors (Lipinski definition) is 6. The standard InChI is InChI=1S/C23H21ClN4O4S/c1-13-17-10-20(33-23(17)28(27-13)16-5-3-4-15(24)9-16)22(30)26-11-14-6-7-18(19(8-14)31-2)32-12-21(25)29/h3-10H,11-12H2,1-2H3,(H2,25,29)(H,26,30). The van der Waals surface area contributed by atoms with Gasteiger partial charge in [0.25, 0.3) is 11.8 Å². The van der Waals surface area contributed by atoms with E-state index in [1.807, 2.05) is 31.2 Å². The summed E-state index contributed by atoms with van der Waals surface area (Å²) >= 11 is 7.50. The highest BCUT2D eigenvalue weighted by Crippen LogP contribution is 2.31. The van der Waals surface area contributed by atoms with Crippen LogP contribution in [0.1, 0.15) is 20.9 Å². The molecule has 2 aromatic carbocycles. The summed E-state index contributed by atoms with van der Waals surface area (Å²) in [5, 5.41) is 9.05. The third-order valence-corrected chi connectivity index (χ3v) is 6.22. The lowest BCUT2D eigenvalue weighted by Crippen LogP contribution is -2.22. The largest absolute Gasteiger partial charge is 0.493 e. The van der Waals surface area contributed by atoms with Gasteiger partial charge >= 0.3 is 0 Å². The summed E-state index contributed by atoms with van der Waals surface area (Å²) in [7, 11) is 1.50. The van der Waals surface area contributed by atoms with E-state index in [9.17, 15) is 9.59 Å². The zero-order chi connectivity index (χ0) is 23.5. The van der Waals surface area contributed by atoms with E-state index in [1.165, 1.54) is 18.4 Å². The van der Waals surface area contributed by atoms with Crippen molar-refractivity contribution < 1.29 is 19.1 Å². The number of fused-ring (bicyclic) bond motifs is 1. The quantitative estimate of drug-likeness (QED) is 0.395. The second kappa shape index (κ2) is 9.51. The van der Waals surface area contributed by atoms with Crippen molar-refractivity contribution in [3.8, 4) is 17.2 Å². The first-order valence-corrected chi connectivity index (χ1v) is 11.2. The van der Waals surface area contributed by atoms with Gasteiger partial charge in [0.1, 0.15) is 4.83 Å². The molecule has 0 spiro atoms. The van der Waals surface area contributed by atoms with Crippen molar-refractivity contribution >= 4 is 45.0 Å². The van der Waals surface area contributed by atoms with Crippen molar-refractivity contribution in [3.05, 3.63) is 69.7 Å². The van der Waals surface area contributed by atoms with Crippen LogP contribution in [0.15, 0.2) is 48.5 Å². The molecule has 33 heavy (non-hydrogen) atoms. The molecule has 8 nitrogen and oxygen atoms in total. The predicted octanol–water partition coefficient (Wildman–Crippen LogP) is 3.85. The smallest absolute Gasteiger partial charge is 0.261 e. The molecule has 2 heterocycles. The Hall–Kier alpha value is -3.56. The van der Waals surface area contributed by atoms with E-state index in [2.05, 4.69) is 10.4 Å². The Morgan fingerprint density at radius 2 is 2.00 bits per heavy atom. The average Bonchev–Trinajstić information content (AvgIpc) is 3.37. The molecule has 0 fully saturated rings. The minimum atomic E-state index is -0.578. The molecule has 4 aromatic rings. The fourth-order valence-corrected chi connectivity index (χ4v) is 4.59. The van der Waals surface area contributed by atoms with E-state index >= 15 is 0 Å². The molecule has 4 rings (SSSR count). The number of nitrogens with zero attached hydrogens (tertiary/aromatic N) is 2. The molecule has 0 unspecified atom stereocenters. The number of thiophene rings is 1. The molecule has 170 valence electrons. The maximum absolute atomic E-state index is 12.8.